The zero-order valence-corrected chi connectivity index (χ0v) is 13.8. The minimum Gasteiger partial charge on any atom is -0.353 e. The van der Waals surface area contributed by atoms with Gasteiger partial charge >= 0.3 is 0 Å². The second-order valence-electron chi connectivity index (χ2n) is 5.62. The van der Waals surface area contributed by atoms with Crippen LogP contribution in [-0.2, 0) is 9.84 Å². The third kappa shape index (κ3) is 2.53. The molecule has 1 fully saturated rings. The number of nitrogens with one attached hydrogen (secondary N) is 1. The Balaban J connectivity index is 1.89. The average molecular weight is 343 g/mol. The predicted molar refractivity (Wildman–Crippen MR) is 90.0 cm³/mol. The standard InChI is InChI=1S/C16H17N5O2S/c22-24(23,13-4-2-1-3-5-13)16-15-18-8-11-21(15)12-14(19-16)20-9-6-17-7-10-20/h1-5,8,11-12,17H,6-7,9-10H2. The fourth-order valence-electron chi connectivity index (χ4n) is 2.83. The van der Waals surface area contributed by atoms with Crippen LogP contribution in [0.4, 0.5) is 5.82 Å². The summed E-state index contributed by atoms with van der Waals surface area (Å²) < 4.78 is 27.8. The van der Waals surface area contributed by atoms with Crippen LogP contribution in [0.3, 0.4) is 0 Å². The van der Waals surface area contributed by atoms with Gasteiger partial charge in [-0.25, -0.2) is 18.4 Å². The van der Waals surface area contributed by atoms with Crippen molar-refractivity contribution >= 4 is 21.3 Å². The summed E-state index contributed by atoms with van der Waals surface area (Å²) in [4.78, 5) is 11.0. The molecule has 0 saturated carbocycles. The number of anilines is 1. The van der Waals surface area contributed by atoms with Crippen LogP contribution in [-0.4, -0.2) is 49.0 Å². The van der Waals surface area contributed by atoms with E-state index in [1.807, 2.05) is 6.20 Å². The number of imidazole rings is 1. The maximum atomic E-state index is 13.0. The second-order valence-corrected chi connectivity index (χ2v) is 7.48. The van der Waals surface area contributed by atoms with Crippen LogP contribution >= 0.6 is 0 Å². The van der Waals surface area contributed by atoms with Gasteiger partial charge in [-0.15, -0.1) is 0 Å². The van der Waals surface area contributed by atoms with E-state index in [0.717, 1.165) is 26.2 Å². The van der Waals surface area contributed by atoms with Crippen molar-refractivity contribution in [2.75, 3.05) is 31.1 Å². The number of nitrogens with zero attached hydrogens (tertiary/aromatic N) is 4. The van der Waals surface area contributed by atoms with Gasteiger partial charge < -0.3 is 14.6 Å². The molecule has 0 unspecified atom stereocenters. The number of rotatable bonds is 3. The van der Waals surface area contributed by atoms with Crippen molar-refractivity contribution in [1.29, 1.82) is 0 Å². The fourth-order valence-corrected chi connectivity index (χ4v) is 4.18. The van der Waals surface area contributed by atoms with Crippen LogP contribution in [0.5, 0.6) is 0 Å². The van der Waals surface area contributed by atoms with Crippen LogP contribution < -0.4 is 10.2 Å². The highest BCUT2D eigenvalue weighted by Gasteiger charge is 2.25. The Morgan fingerprint density at radius 3 is 2.58 bits per heavy atom. The third-order valence-corrected chi connectivity index (χ3v) is 5.76. The average Bonchev–Trinajstić information content (AvgIpc) is 3.11. The number of benzene rings is 1. The molecule has 8 heteroatoms. The second kappa shape index (κ2) is 5.88. The van der Waals surface area contributed by atoms with Crippen molar-refractivity contribution in [2.24, 2.45) is 0 Å². The fraction of sp³-hybridized carbons (Fsp3) is 0.250. The van der Waals surface area contributed by atoms with Gasteiger partial charge in [-0.05, 0) is 12.1 Å². The van der Waals surface area contributed by atoms with Gasteiger partial charge in [0.2, 0.25) is 14.9 Å². The first-order chi connectivity index (χ1) is 11.7. The highest BCUT2D eigenvalue weighted by Crippen LogP contribution is 2.25. The van der Waals surface area contributed by atoms with E-state index in [0.29, 0.717) is 11.5 Å². The highest BCUT2D eigenvalue weighted by molar-refractivity contribution is 7.91. The summed E-state index contributed by atoms with van der Waals surface area (Å²) in [6.07, 6.45) is 5.16. The smallest absolute Gasteiger partial charge is 0.227 e. The summed E-state index contributed by atoms with van der Waals surface area (Å²) >= 11 is 0. The molecular formula is C16H17N5O2S. The Kier molecular flexibility index (Phi) is 3.70. The molecule has 0 aliphatic carbocycles. The van der Waals surface area contributed by atoms with E-state index in [2.05, 4.69) is 20.2 Å². The number of fused-ring (bicyclic) bond motifs is 1. The molecule has 1 saturated heterocycles. The van der Waals surface area contributed by atoms with E-state index >= 15 is 0 Å². The van der Waals surface area contributed by atoms with E-state index in [-0.39, 0.29) is 9.92 Å². The molecule has 0 amide bonds. The zero-order valence-electron chi connectivity index (χ0n) is 13.0. The number of hydrogen-bond donors (Lipinski definition) is 1. The largest absolute Gasteiger partial charge is 0.353 e. The van der Waals surface area contributed by atoms with Crippen LogP contribution in [0.1, 0.15) is 0 Å². The molecule has 4 rings (SSSR count). The minimum absolute atomic E-state index is 0.00488. The molecule has 0 radical (unpaired) electrons. The first kappa shape index (κ1) is 15.1. The van der Waals surface area contributed by atoms with Crippen LogP contribution in [0.25, 0.3) is 5.65 Å². The predicted octanol–water partition coefficient (Wildman–Crippen LogP) is 0.972. The van der Waals surface area contributed by atoms with Crippen LogP contribution in [0.15, 0.2) is 58.8 Å². The maximum Gasteiger partial charge on any atom is 0.227 e. The first-order valence-electron chi connectivity index (χ1n) is 7.76. The quantitative estimate of drug-likeness (QED) is 0.763. The molecule has 1 aliphatic rings. The van der Waals surface area contributed by atoms with E-state index in [9.17, 15) is 8.42 Å². The zero-order chi connectivity index (χ0) is 16.6. The van der Waals surface area contributed by atoms with Crippen molar-refractivity contribution in [3.63, 3.8) is 0 Å². The van der Waals surface area contributed by atoms with Crippen molar-refractivity contribution in [2.45, 2.75) is 9.92 Å². The van der Waals surface area contributed by atoms with Crippen LogP contribution in [0.2, 0.25) is 0 Å². The summed E-state index contributed by atoms with van der Waals surface area (Å²) in [5.74, 6) is 0.650. The molecule has 3 aromatic rings. The number of sulfone groups is 1. The van der Waals surface area contributed by atoms with Gasteiger partial charge in [0, 0.05) is 38.6 Å². The van der Waals surface area contributed by atoms with E-state index < -0.39 is 9.84 Å². The Labute approximate surface area is 139 Å². The normalized spacial score (nSPS) is 15.8. The lowest BCUT2D eigenvalue weighted by atomic mass is 10.3. The molecule has 3 heterocycles. The van der Waals surface area contributed by atoms with Crippen molar-refractivity contribution in [3.05, 3.63) is 48.9 Å². The Morgan fingerprint density at radius 2 is 1.83 bits per heavy atom. The first-order valence-corrected chi connectivity index (χ1v) is 9.24. The number of piperazine rings is 1. The van der Waals surface area contributed by atoms with Gasteiger partial charge in [0.15, 0.2) is 5.65 Å². The lowest BCUT2D eigenvalue weighted by Gasteiger charge is -2.28. The molecular weight excluding hydrogens is 326 g/mol. The maximum absolute atomic E-state index is 13.0. The molecule has 0 spiro atoms. The highest BCUT2D eigenvalue weighted by atomic mass is 32.2. The molecule has 0 atom stereocenters. The summed E-state index contributed by atoms with van der Waals surface area (Å²) in [7, 11) is -3.73. The van der Waals surface area contributed by atoms with Gasteiger partial charge in [-0.2, -0.15) is 0 Å². The molecule has 124 valence electrons. The number of hydrogen-bond acceptors (Lipinski definition) is 6. The molecule has 1 N–H and O–H groups in total. The summed E-state index contributed by atoms with van der Waals surface area (Å²) in [6.45, 7) is 3.28. The van der Waals surface area contributed by atoms with E-state index in [1.54, 1.807) is 47.1 Å². The van der Waals surface area contributed by atoms with Crippen molar-refractivity contribution < 1.29 is 8.42 Å². The molecule has 7 nitrogen and oxygen atoms in total. The van der Waals surface area contributed by atoms with Crippen LogP contribution in [0, 0.1) is 0 Å². The van der Waals surface area contributed by atoms with E-state index in [4.69, 9.17) is 0 Å². The molecule has 0 bridgehead atoms. The topological polar surface area (TPSA) is 79.6 Å². The summed E-state index contributed by atoms with van der Waals surface area (Å²) in [5, 5.41) is 3.28. The van der Waals surface area contributed by atoms with Crippen molar-refractivity contribution in [3.8, 4) is 0 Å². The van der Waals surface area contributed by atoms with E-state index in [1.165, 1.54) is 0 Å². The molecule has 1 aliphatic heterocycles. The summed E-state index contributed by atoms with van der Waals surface area (Å²) in [6, 6.07) is 8.35. The lowest BCUT2D eigenvalue weighted by molar-refractivity contribution is 0.578. The summed E-state index contributed by atoms with van der Waals surface area (Å²) in [5.41, 5.74) is 0.345. The molecule has 24 heavy (non-hydrogen) atoms. The number of aromatic nitrogens is 3. The Hall–Kier alpha value is -2.45. The molecule has 2 aromatic heterocycles. The monoisotopic (exact) mass is 343 g/mol. The van der Waals surface area contributed by atoms with Gasteiger partial charge in [0.25, 0.3) is 0 Å². The third-order valence-electron chi connectivity index (χ3n) is 4.08. The lowest BCUT2D eigenvalue weighted by Crippen LogP contribution is -2.44. The minimum atomic E-state index is -3.73. The molecule has 1 aromatic carbocycles. The van der Waals surface area contributed by atoms with Gasteiger partial charge in [-0.1, -0.05) is 18.2 Å². The Bertz CT molecular complexity index is 963. The van der Waals surface area contributed by atoms with Gasteiger partial charge in [0.05, 0.1) is 11.1 Å². The van der Waals surface area contributed by atoms with Gasteiger partial charge in [-0.3, -0.25) is 0 Å². The Morgan fingerprint density at radius 1 is 1.08 bits per heavy atom. The van der Waals surface area contributed by atoms with Gasteiger partial charge in [0.1, 0.15) is 5.82 Å². The van der Waals surface area contributed by atoms with Crippen molar-refractivity contribution in [1.82, 2.24) is 19.7 Å². The SMILES string of the molecule is O=S(=O)(c1ccccc1)c1nc(N2CCNCC2)cn2ccnc12.